The van der Waals surface area contributed by atoms with E-state index in [0.717, 1.165) is 57.3 Å². The van der Waals surface area contributed by atoms with E-state index in [9.17, 15) is 0 Å². The van der Waals surface area contributed by atoms with Gasteiger partial charge in [0.25, 0.3) is 0 Å². The number of aromatic nitrogens is 2. The molecule has 0 N–H and O–H groups in total. The first-order chi connectivity index (χ1) is 9.24. The summed E-state index contributed by atoms with van der Waals surface area (Å²) in [7, 11) is 0. The van der Waals surface area contributed by atoms with Crippen molar-refractivity contribution in [3.8, 4) is 0 Å². The minimum absolute atomic E-state index is 0.341. The highest BCUT2D eigenvalue weighted by Gasteiger charge is 2.28. The highest BCUT2D eigenvalue weighted by Crippen LogP contribution is 2.30. The number of hydrogen-bond donors (Lipinski definition) is 0. The minimum Gasteiger partial charge on any atom is -0.381 e. The standard InChI is InChI=1S/C14H23N3O2/c1-10(2)17-6-3-11(4-7-17)14-15-13(16-19-14)12-5-8-18-9-12/h10-12H,3-9H2,1-2H3/t12-/m0/s1. The summed E-state index contributed by atoms with van der Waals surface area (Å²) in [5.74, 6) is 2.47. The van der Waals surface area contributed by atoms with E-state index in [2.05, 4.69) is 28.9 Å². The molecule has 3 heterocycles. The van der Waals surface area contributed by atoms with Crippen molar-refractivity contribution in [2.24, 2.45) is 0 Å². The molecule has 2 aliphatic rings. The predicted octanol–water partition coefficient (Wildman–Crippen LogP) is 2.16. The van der Waals surface area contributed by atoms with Crippen molar-refractivity contribution >= 4 is 0 Å². The van der Waals surface area contributed by atoms with Crippen LogP contribution in [0.25, 0.3) is 0 Å². The smallest absolute Gasteiger partial charge is 0.229 e. The topological polar surface area (TPSA) is 51.4 Å². The molecule has 0 amide bonds. The van der Waals surface area contributed by atoms with E-state index in [1.165, 1.54) is 0 Å². The van der Waals surface area contributed by atoms with Crippen molar-refractivity contribution in [3.63, 3.8) is 0 Å². The lowest BCUT2D eigenvalue weighted by Gasteiger charge is -2.33. The second-order valence-corrected chi connectivity index (χ2v) is 5.96. The molecular formula is C14H23N3O2. The number of likely N-dealkylation sites (tertiary alicyclic amines) is 1. The zero-order valence-electron chi connectivity index (χ0n) is 11.8. The first kappa shape index (κ1) is 13.1. The molecule has 1 aromatic rings. The van der Waals surface area contributed by atoms with Crippen molar-refractivity contribution < 1.29 is 9.26 Å². The molecule has 19 heavy (non-hydrogen) atoms. The van der Waals surface area contributed by atoms with Crippen LogP contribution in [0, 0.1) is 0 Å². The van der Waals surface area contributed by atoms with Crippen molar-refractivity contribution in [2.75, 3.05) is 26.3 Å². The summed E-state index contributed by atoms with van der Waals surface area (Å²) < 4.78 is 10.9. The fraction of sp³-hybridized carbons (Fsp3) is 0.857. The Kier molecular flexibility index (Phi) is 3.84. The van der Waals surface area contributed by atoms with Gasteiger partial charge in [0.2, 0.25) is 5.89 Å². The van der Waals surface area contributed by atoms with E-state index in [1.807, 2.05) is 0 Å². The van der Waals surface area contributed by atoms with E-state index >= 15 is 0 Å². The summed E-state index contributed by atoms with van der Waals surface area (Å²) in [4.78, 5) is 7.12. The quantitative estimate of drug-likeness (QED) is 0.838. The third-order valence-electron chi connectivity index (χ3n) is 4.36. The van der Waals surface area contributed by atoms with Crippen molar-refractivity contribution in [2.45, 2.75) is 51.0 Å². The zero-order valence-corrected chi connectivity index (χ0v) is 11.8. The van der Waals surface area contributed by atoms with E-state index < -0.39 is 0 Å². The van der Waals surface area contributed by atoms with Gasteiger partial charge >= 0.3 is 0 Å². The van der Waals surface area contributed by atoms with Gasteiger partial charge in [-0.15, -0.1) is 0 Å². The summed E-state index contributed by atoms with van der Waals surface area (Å²) >= 11 is 0. The van der Waals surface area contributed by atoms with Crippen LogP contribution in [0.4, 0.5) is 0 Å². The lowest BCUT2D eigenvalue weighted by molar-refractivity contribution is 0.159. The maximum atomic E-state index is 5.48. The van der Waals surface area contributed by atoms with Crippen LogP contribution in [0.15, 0.2) is 4.52 Å². The summed E-state index contributed by atoms with van der Waals surface area (Å²) in [6.45, 7) is 8.34. The molecule has 5 heteroatoms. The maximum absolute atomic E-state index is 5.48. The highest BCUT2D eigenvalue weighted by molar-refractivity contribution is 5.02. The number of rotatable bonds is 3. The van der Waals surface area contributed by atoms with Crippen LogP contribution in [0.5, 0.6) is 0 Å². The van der Waals surface area contributed by atoms with Crippen LogP contribution in [-0.2, 0) is 4.74 Å². The Labute approximate surface area is 114 Å². The zero-order chi connectivity index (χ0) is 13.2. The largest absolute Gasteiger partial charge is 0.381 e. The molecule has 0 aliphatic carbocycles. The number of hydrogen-bond acceptors (Lipinski definition) is 5. The van der Waals surface area contributed by atoms with E-state index in [1.54, 1.807) is 0 Å². The molecule has 106 valence electrons. The third kappa shape index (κ3) is 2.82. The lowest BCUT2D eigenvalue weighted by atomic mass is 9.96. The van der Waals surface area contributed by atoms with Crippen LogP contribution < -0.4 is 0 Å². The van der Waals surface area contributed by atoms with Crippen LogP contribution in [0.2, 0.25) is 0 Å². The van der Waals surface area contributed by atoms with Crippen molar-refractivity contribution in [1.82, 2.24) is 15.0 Å². The monoisotopic (exact) mass is 265 g/mol. The van der Waals surface area contributed by atoms with Crippen LogP contribution in [0.1, 0.15) is 56.7 Å². The molecule has 2 aliphatic heterocycles. The first-order valence-corrected chi connectivity index (χ1v) is 7.39. The Hall–Kier alpha value is -0.940. The molecule has 0 unspecified atom stereocenters. The molecule has 1 aromatic heterocycles. The molecule has 0 saturated carbocycles. The van der Waals surface area contributed by atoms with Gasteiger partial charge in [-0.3, -0.25) is 0 Å². The van der Waals surface area contributed by atoms with Crippen LogP contribution >= 0.6 is 0 Å². The molecule has 0 bridgehead atoms. The van der Waals surface area contributed by atoms with E-state index in [4.69, 9.17) is 9.26 Å². The molecule has 3 rings (SSSR count). The number of nitrogens with zero attached hydrogens (tertiary/aromatic N) is 3. The normalized spacial score (nSPS) is 26.4. The maximum Gasteiger partial charge on any atom is 0.229 e. The SMILES string of the molecule is CC(C)N1CCC(c2nc([C@H]3CCOC3)no2)CC1. The average Bonchev–Trinajstić information content (AvgIpc) is 3.10. The van der Waals surface area contributed by atoms with Gasteiger partial charge in [-0.05, 0) is 46.2 Å². The summed E-state index contributed by atoms with van der Waals surface area (Å²) in [5.41, 5.74) is 0. The molecule has 0 aromatic carbocycles. The van der Waals surface area contributed by atoms with Crippen LogP contribution in [-0.4, -0.2) is 47.4 Å². The second-order valence-electron chi connectivity index (χ2n) is 5.96. The Morgan fingerprint density at radius 2 is 1.95 bits per heavy atom. The highest BCUT2D eigenvalue weighted by atomic mass is 16.5. The fourth-order valence-corrected chi connectivity index (χ4v) is 2.98. The Balaban J connectivity index is 1.61. The lowest BCUT2D eigenvalue weighted by Crippen LogP contribution is -2.37. The number of piperidine rings is 1. The Morgan fingerprint density at radius 3 is 2.58 bits per heavy atom. The van der Waals surface area contributed by atoms with Crippen molar-refractivity contribution in [1.29, 1.82) is 0 Å². The molecule has 1 atom stereocenters. The second kappa shape index (κ2) is 5.59. The van der Waals surface area contributed by atoms with E-state index in [-0.39, 0.29) is 0 Å². The van der Waals surface area contributed by atoms with Gasteiger partial charge in [-0.1, -0.05) is 5.16 Å². The van der Waals surface area contributed by atoms with Gasteiger partial charge in [0.05, 0.1) is 6.61 Å². The molecule has 0 radical (unpaired) electrons. The summed E-state index contributed by atoms with van der Waals surface area (Å²) in [6.07, 6.45) is 3.27. The Morgan fingerprint density at radius 1 is 1.16 bits per heavy atom. The Bertz CT molecular complexity index is 405. The molecule has 0 spiro atoms. The number of ether oxygens (including phenoxy) is 1. The van der Waals surface area contributed by atoms with E-state index in [0.29, 0.717) is 17.9 Å². The fourth-order valence-electron chi connectivity index (χ4n) is 2.98. The average molecular weight is 265 g/mol. The summed E-state index contributed by atoms with van der Waals surface area (Å²) in [5, 5.41) is 4.15. The molecular weight excluding hydrogens is 242 g/mol. The minimum atomic E-state index is 0.341. The third-order valence-corrected chi connectivity index (χ3v) is 4.36. The van der Waals surface area contributed by atoms with Gasteiger partial charge in [0.1, 0.15) is 0 Å². The van der Waals surface area contributed by atoms with Gasteiger partial charge in [0, 0.05) is 24.5 Å². The molecule has 2 saturated heterocycles. The van der Waals surface area contributed by atoms with Gasteiger partial charge in [-0.25, -0.2) is 0 Å². The summed E-state index contributed by atoms with van der Waals surface area (Å²) in [6, 6.07) is 0.634. The van der Waals surface area contributed by atoms with Gasteiger partial charge in [-0.2, -0.15) is 4.98 Å². The van der Waals surface area contributed by atoms with Crippen LogP contribution in [0.3, 0.4) is 0 Å². The predicted molar refractivity (Wildman–Crippen MR) is 71.2 cm³/mol. The van der Waals surface area contributed by atoms with Crippen molar-refractivity contribution in [3.05, 3.63) is 11.7 Å². The van der Waals surface area contributed by atoms with Gasteiger partial charge < -0.3 is 14.2 Å². The first-order valence-electron chi connectivity index (χ1n) is 7.39. The van der Waals surface area contributed by atoms with Gasteiger partial charge in [0.15, 0.2) is 5.82 Å². The molecule has 2 fully saturated rings. The molecule has 5 nitrogen and oxygen atoms in total.